The summed E-state index contributed by atoms with van der Waals surface area (Å²) in [5.41, 5.74) is 9.44. The van der Waals surface area contributed by atoms with E-state index >= 15 is 0 Å². The van der Waals surface area contributed by atoms with Crippen LogP contribution in [0, 0.1) is 20.8 Å². The van der Waals surface area contributed by atoms with Crippen molar-refractivity contribution in [3.63, 3.8) is 0 Å². The van der Waals surface area contributed by atoms with E-state index in [1.807, 2.05) is 51.1 Å². The topological polar surface area (TPSA) is 82.3 Å². The molecule has 25 heavy (non-hydrogen) atoms. The van der Waals surface area contributed by atoms with E-state index in [4.69, 9.17) is 12.2 Å². The lowest BCUT2D eigenvalue weighted by Crippen LogP contribution is -2.48. The fraction of sp³-hybridized carbons (Fsp3) is 0.167. The van der Waals surface area contributed by atoms with Crippen LogP contribution in [-0.4, -0.2) is 16.9 Å². The number of thiocarbonyl (C=S) groups is 1. The average molecular weight is 356 g/mol. The van der Waals surface area contributed by atoms with Crippen molar-refractivity contribution >= 4 is 40.5 Å². The molecule has 2 rings (SSSR count). The van der Waals surface area contributed by atoms with Crippen LogP contribution >= 0.6 is 12.2 Å². The molecule has 2 amide bonds. The van der Waals surface area contributed by atoms with Crippen LogP contribution in [0.15, 0.2) is 42.5 Å². The van der Waals surface area contributed by atoms with Crippen molar-refractivity contribution in [3.05, 3.63) is 59.2 Å². The van der Waals surface area contributed by atoms with Gasteiger partial charge >= 0.3 is 11.8 Å². The molecule has 4 N–H and O–H groups in total. The third-order valence-corrected chi connectivity index (χ3v) is 3.77. The lowest BCUT2D eigenvalue weighted by Gasteiger charge is -2.12. The molecule has 0 atom stereocenters. The number of nitrogens with one attached hydrogen (secondary N) is 4. The van der Waals surface area contributed by atoms with Crippen LogP contribution in [-0.2, 0) is 9.59 Å². The molecule has 2 aromatic rings. The molecule has 0 spiro atoms. The average Bonchev–Trinajstić information content (AvgIpc) is 2.58. The largest absolute Gasteiger partial charge is 0.331 e. The monoisotopic (exact) mass is 356 g/mol. The number of hydrazine groups is 1. The number of carbonyl (C=O) groups is 2. The highest BCUT2D eigenvalue weighted by Crippen LogP contribution is 2.13. The fourth-order valence-electron chi connectivity index (χ4n) is 1.98. The highest BCUT2D eigenvalue weighted by molar-refractivity contribution is 7.80. The molecule has 130 valence electrons. The van der Waals surface area contributed by atoms with E-state index in [1.54, 1.807) is 12.1 Å². The number of hydrogen-bond donors (Lipinski definition) is 4. The Morgan fingerprint density at radius 2 is 1.40 bits per heavy atom. The molecule has 0 aliphatic carbocycles. The maximum atomic E-state index is 11.8. The first-order chi connectivity index (χ1) is 11.8. The zero-order valence-electron chi connectivity index (χ0n) is 14.3. The second-order valence-electron chi connectivity index (χ2n) is 5.65. The Balaban J connectivity index is 1.81. The number of hydrogen-bond acceptors (Lipinski definition) is 3. The van der Waals surface area contributed by atoms with Gasteiger partial charge in [-0.05, 0) is 68.4 Å². The maximum absolute atomic E-state index is 11.8. The van der Waals surface area contributed by atoms with Gasteiger partial charge in [0.05, 0.1) is 0 Å². The van der Waals surface area contributed by atoms with Gasteiger partial charge in [-0.15, -0.1) is 0 Å². The molecular formula is C18H20N4O2S. The Morgan fingerprint density at radius 3 is 2.04 bits per heavy atom. The fourth-order valence-corrected chi connectivity index (χ4v) is 2.15. The Labute approximate surface area is 152 Å². The van der Waals surface area contributed by atoms with E-state index in [2.05, 4.69) is 21.5 Å². The van der Waals surface area contributed by atoms with Gasteiger partial charge in [-0.3, -0.25) is 20.4 Å². The molecular weight excluding hydrogens is 336 g/mol. The summed E-state index contributed by atoms with van der Waals surface area (Å²) < 4.78 is 0. The number of amides is 2. The molecule has 0 heterocycles. The predicted molar refractivity (Wildman–Crippen MR) is 103 cm³/mol. The summed E-state index contributed by atoms with van der Waals surface area (Å²) in [4.78, 5) is 23.6. The van der Waals surface area contributed by atoms with Gasteiger partial charge in [0.1, 0.15) is 0 Å². The molecule has 0 radical (unpaired) electrons. The number of carbonyl (C=O) groups excluding carboxylic acids is 2. The van der Waals surface area contributed by atoms with Crippen molar-refractivity contribution in [1.29, 1.82) is 0 Å². The second-order valence-corrected chi connectivity index (χ2v) is 6.06. The quantitative estimate of drug-likeness (QED) is 0.378. The van der Waals surface area contributed by atoms with E-state index in [0.29, 0.717) is 5.69 Å². The van der Waals surface area contributed by atoms with Gasteiger partial charge in [-0.25, -0.2) is 0 Å². The van der Waals surface area contributed by atoms with Gasteiger partial charge in [-0.2, -0.15) is 0 Å². The van der Waals surface area contributed by atoms with Crippen LogP contribution in [0.2, 0.25) is 0 Å². The third-order valence-electron chi connectivity index (χ3n) is 3.57. The molecule has 6 nitrogen and oxygen atoms in total. The van der Waals surface area contributed by atoms with E-state index in [-0.39, 0.29) is 5.11 Å². The number of aryl methyl sites for hydroxylation is 3. The SMILES string of the molecule is Cc1ccc(NC(=O)C(=O)NNC(=S)Nc2ccc(C)c(C)c2)cc1. The molecule has 0 aromatic heterocycles. The van der Waals surface area contributed by atoms with Crippen LogP contribution in [0.1, 0.15) is 16.7 Å². The first kappa shape index (κ1) is 18.4. The molecule has 0 unspecified atom stereocenters. The lowest BCUT2D eigenvalue weighted by molar-refractivity contribution is -0.136. The highest BCUT2D eigenvalue weighted by atomic mass is 32.1. The van der Waals surface area contributed by atoms with Gasteiger partial charge < -0.3 is 10.6 Å². The van der Waals surface area contributed by atoms with Crippen molar-refractivity contribution in [2.24, 2.45) is 0 Å². The Bertz CT molecular complexity index is 803. The first-order valence-electron chi connectivity index (χ1n) is 7.67. The Hall–Kier alpha value is -2.93. The van der Waals surface area contributed by atoms with Crippen LogP contribution in [0.25, 0.3) is 0 Å². The standard InChI is InChI=1S/C18H20N4O2S/c1-11-4-7-14(8-5-11)19-16(23)17(24)21-22-18(25)20-15-9-6-12(2)13(3)10-15/h4-10H,1-3H3,(H,19,23)(H,21,24)(H2,20,22,25). The molecule has 0 aliphatic rings. The molecule has 0 aliphatic heterocycles. The minimum atomic E-state index is -0.843. The minimum Gasteiger partial charge on any atom is -0.331 e. The number of benzene rings is 2. The van der Waals surface area contributed by atoms with E-state index < -0.39 is 11.8 Å². The van der Waals surface area contributed by atoms with Crippen LogP contribution in [0.3, 0.4) is 0 Å². The Kier molecular flexibility index (Phi) is 6.08. The van der Waals surface area contributed by atoms with Gasteiger partial charge in [-0.1, -0.05) is 23.8 Å². The summed E-state index contributed by atoms with van der Waals surface area (Å²) in [6.07, 6.45) is 0. The maximum Gasteiger partial charge on any atom is 0.328 e. The Morgan fingerprint density at radius 1 is 0.760 bits per heavy atom. The normalized spacial score (nSPS) is 9.88. The van der Waals surface area contributed by atoms with Crippen LogP contribution in [0.4, 0.5) is 11.4 Å². The third kappa shape index (κ3) is 5.58. The molecule has 0 saturated carbocycles. The summed E-state index contributed by atoms with van der Waals surface area (Å²) in [6, 6.07) is 12.9. The zero-order valence-corrected chi connectivity index (χ0v) is 15.1. The van der Waals surface area contributed by atoms with Gasteiger partial charge in [0.25, 0.3) is 0 Å². The van der Waals surface area contributed by atoms with Gasteiger partial charge in [0.15, 0.2) is 5.11 Å². The van der Waals surface area contributed by atoms with E-state index in [9.17, 15) is 9.59 Å². The van der Waals surface area contributed by atoms with Crippen molar-refractivity contribution in [3.8, 4) is 0 Å². The van der Waals surface area contributed by atoms with Crippen LogP contribution < -0.4 is 21.5 Å². The van der Waals surface area contributed by atoms with Crippen molar-refractivity contribution < 1.29 is 9.59 Å². The summed E-state index contributed by atoms with van der Waals surface area (Å²) >= 11 is 5.09. The van der Waals surface area contributed by atoms with Gasteiger partial charge in [0, 0.05) is 11.4 Å². The molecule has 7 heteroatoms. The molecule has 0 saturated heterocycles. The first-order valence-corrected chi connectivity index (χ1v) is 8.08. The molecule has 0 fully saturated rings. The van der Waals surface area contributed by atoms with Crippen molar-refractivity contribution in [2.75, 3.05) is 10.6 Å². The smallest absolute Gasteiger partial charge is 0.328 e. The van der Waals surface area contributed by atoms with E-state index in [0.717, 1.165) is 16.8 Å². The highest BCUT2D eigenvalue weighted by Gasteiger charge is 2.13. The summed E-state index contributed by atoms with van der Waals surface area (Å²) in [6.45, 7) is 5.95. The van der Waals surface area contributed by atoms with E-state index in [1.165, 1.54) is 5.56 Å². The summed E-state index contributed by atoms with van der Waals surface area (Å²) in [5.74, 6) is -1.63. The van der Waals surface area contributed by atoms with Crippen LogP contribution in [0.5, 0.6) is 0 Å². The van der Waals surface area contributed by atoms with Crippen molar-refractivity contribution in [2.45, 2.75) is 20.8 Å². The second kappa shape index (κ2) is 8.25. The number of anilines is 2. The van der Waals surface area contributed by atoms with Gasteiger partial charge in [0.2, 0.25) is 0 Å². The zero-order chi connectivity index (χ0) is 18.4. The van der Waals surface area contributed by atoms with Crippen molar-refractivity contribution in [1.82, 2.24) is 10.9 Å². The summed E-state index contributed by atoms with van der Waals surface area (Å²) in [5, 5.41) is 5.62. The minimum absolute atomic E-state index is 0.180. The number of rotatable bonds is 2. The lowest BCUT2D eigenvalue weighted by atomic mass is 10.1. The predicted octanol–water partition coefficient (Wildman–Crippen LogP) is 2.57. The molecule has 0 bridgehead atoms. The molecule has 2 aromatic carbocycles. The summed E-state index contributed by atoms with van der Waals surface area (Å²) in [7, 11) is 0.